The van der Waals surface area contributed by atoms with Gasteiger partial charge in [-0.05, 0) is 31.2 Å². The third kappa shape index (κ3) is 2.10. The van der Waals surface area contributed by atoms with Gasteiger partial charge in [0.15, 0.2) is 12.4 Å². The van der Waals surface area contributed by atoms with Crippen molar-refractivity contribution in [3.8, 4) is 5.75 Å². The van der Waals surface area contributed by atoms with Gasteiger partial charge in [-0.3, -0.25) is 9.59 Å². The fourth-order valence-electron chi connectivity index (χ4n) is 2.54. The summed E-state index contributed by atoms with van der Waals surface area (Å²) in [4.78, 5) is 25.5. The number of fused-ring (bicyclic) bond motifs is 1. The number of rotatable bonds is 2. The van der Waals surface area contributed by atoms with E-state index in [0.717, 1.165) is 19.5 Å². The number of Topliss-reactive ketones (excluding diaryl/α,β-unsaturated/α-hetero) is 1. The van der Waals surface area contributed by atoms with Gasteiger partial charge in [0, 0.05) is 25.1 Å². The molecule has 1 aromatic rings. The number of nitrogens with zero attached hydrogens (tertiary/aromatic N) is 1. The standard InChI is InChI=1S/C14H16N2O3/c1-16-11-6-9(14(18)10-4-5-15-7-10)2-3-12(11)19-8-13(16)17/h2-3,6,10,15H,4-5,7-8H2,1H3. The first-order chi connectivity index (χ1) is 9.16. The summed E-state index contributed by atoms with van der Waals surface area (Å²) < 4.78 is 5.35. The van der Waals surface area contributed by atoms with Crippen LogP contribution >= 0.6 is 0 Å². The van der Waals surface area contributed by atoms with E-state index in [1.54, 1.807) is 30.1 Å². The van der Waals surface area contributed by atoms with E-state index in [2.05, 4.69) is 5.32 Å². The smallest absolute Gasteiger partial charge is 0.264 e. The number of hydrogen-bond donors (Lipinski definition) is 1. The topological polar surface area (TPSA) is 58.6 Å². The van der Waals surface area contributed by atoms with Crippen LogP contribution in [0.1, 0.15) is 16.8 Å². The molecule has 0 spiro atoms. The number of carbonyl (C=O) groups excluding carboxylic acids is 2. The van der Waals surface area contributed by atoms with Gasteiger partial charge in [-0.1, -0.05) is 0 Å². The van der Waals surface area contributed by atoms with Crippen LogP contribution in [0.15, 0.2) is 18.2 Å². The molecule has 3 rings (SSSR count). The number of likely N-dealkylation sites (N-methyl/N-ethyl adjacent to an activating group) is 1. The van der Waals surface area contributed by atoms with Gasteiger partial charge in [-0.15, -0.1) is 0 Å². The Kier molecular flexibility index (Phi) is 2.98. The molecule has 0 saturated carbocycles. The Hall–Kier alpha value is -1.88. The summed E-state index contributed by atoms with van der Waals surface area (Å²) in [5.74, 6) is 0.741. The summed E-state index contributed by atoms with van der Waals surface area (Å²) in [6, 6.07) is 5.31. The minimum absolute atomic E-state index is 0.0450. The van der Waals surface area contributed by atoms with Crippen LogP contribution < -0.4 is 15.0 Å². The number of hydrogen-bond acceptors (Lipinski definition) is 4. The van der Waals surface area contributed by atoms with Crippen molar-refractivity contribution in [1.29, 1.82) is 0 Å². The minimum atomic E-state index is -0.0976. The molecule has 1 N–H and O–H groups in total. The first-order valence-corrected chi connectivity index (χ1v) is 6.45. The van der Waals surface area contributed by atoms with Crippen LogP contribution in [0.5, 0.6) is 5.75 Å². The molecule has 0 bridgehead atoms. The molecule has 1 unspecified atom stereocenters. The zero-order chi connectivity index (χ0) is 13.4. The van der Waals surface area contributed by atoms with E-state index < -0.39 is 0 Å². The molecule has 2 aliphatic heterocycles. The van der Waals surface area contributed by atoms with Crippen LogP contribution in [0.3, 0.4) is 0 Å². The van der Waals surface area contributed by atoms with E-state index in [9.17, 15) is 9.59 Å². The number of nitrogens with one attached hydrogen (secondary N) is 1. The summed E-state index contributed by atoms with van der Waals surface area (Å²) in [6.07, 6.45) is 0.876. The van der Waals surface area contributed by atoms with Crippen LogP contribution in [-0.4, -0.2) is 38.4 Å². The fraction of sp³-hybridized carbons (Fsp3) is 0.429. The predicted octanol–water partition coefficient (Wildman–Crippen LogP) is 0.834. The molecule has 5 heteroatoms. The average Bonchev–Trinajstić information content (AvgIpc) is 2.96. The lowest BCUT2D eigenvalue weighted by Crippen LogP contribution is -2.35. The van der Waals surface area contributed by atoms with Crippen molar-refractivity contribution in [1.82, 2.24) is 5.32 Å². The first kappa shape index (κ1) is 12.2. The summed E-state index contributed by atoms with van der Waals surface area (Å²) >= 11 is 0. The molecular formula is C14H16N2O3. The van der Waals surface area contributed by atoms with E-state index in [1.165, 1.54) is 0 Å². The Labute approximate surface area is 111 Å². The Bertz CT molecular complexity index is 535. The second kappa shape index (κ2) is 4.66. The third-order valence-electron chi connectivity index (χ3n) is 3.76. The van der Waals surface area contributed by atoms with Gasteiger partial charge < -0.3 is 15.0 Å². The van der Waals surface area contributed by atoms with Crippen LogP contribution in [0.4, 0.5) is 5.69 Å². The SMILES string of the molecule is CN1C(=O)COc2ccc(C(=O)C3CCNC3)cc21. The molecule has 1 atom stereocenters. The molecule has 2 heterocycles. The van der Waals surface area contributed by atoms with Crippen LogP contribution in [0.2, 0.25) is 0 Å². The Morgan fingerprint density at radius 1 is 1.47 bits per heavy atom. The van der Waals surface area contributed by atoms with Gasteiger partial charge in [-0.2, -0.15) is 0 Å². The summed E-state index contributed by atoms with van der Waals surface area (Å²) in [5, 5.41) is 3.19. The highest BCUT2D eigenvalue weighted by atomic mass is 16.5. The van der Waals surface area contributed by atoms with Crippen molar-refractivity contribution < 1.29 is 14.3 Å². The molecule has 19 heavy (non-hydrogen) atoms. The molecule has 0 radical (unpaired) electrons. The van der Waals surface area contributed by atoms with E-state index in [4.69, 9.17) is 4.74 Å². The minimum Gasteiger partial charge on any atom is -0.482 e. The lowest BCUT2D eigenvalue weighted by Gasteiger charge is -2.26. The maximum Gasteiger partial charge on any atom is 0.264 e. The lowest BCUT2D eigenvalue weighted by atomic mass is 9.96. The molecule has 2 aliphatic rings. The Morgan fingerprint density at radius 3 is 3.05 bits per heavy atom. The molecule has 100 valence electrons. The monoisotopic (exact) mass is 260 g/mol. The highest BCUT2D eigenvalue weighted by molar-refractivity contribution is 6.02. The molecule has 1 saturated heterocycles. The number of ether oxygens (including phenoxy) is 1. The van der Waals surface area contributed by atoms with E-state index in [0.29, 0.717) is 17.0 Å². The van der Waals surface area contributed by atoms with E-state index >= 15 is 0 Å². The predicted molar refractivity (Wildman–Crippen MR) is 70.7 cm³/mol. The number of benzene rings is 1. The fourth-order valence-corrected chi connectivity index (χ4v) is 2.54. The van der Waals surface area contributed by atoms with Gasteiger partial charge in [0.2, 0.25) is 0 Å². The lowest BCUT2D eigenvalue weighted by molar-refractivity contribution is -0.120. The third-order valence-corrected chi connectivity index (χ3v) is 3.76. The normalized spacial score (nSPS) is 22.1. The molecule has 5 nitrogen and oxygen atoms in total. The maximum atomic E-state index is 12.3. The highest BCUT2D eigenvalue weighted by Gasteiger charge is 2.27. The number of anilines is 1. The maximum absolute atomic E-state index is 12.3. The van der Waals surface area contributed by atoms with Crippen LogP contribution in [0, 0.1) is 5.92 Å². The number of amides is 1. The zero-order valence-electron chi connectivity index (χ0n) is 10.8. The largest absolute Gasteiger partial charge is 0.482 e. The second-order valence-electron chi connectivity index (χ2n) is 4.98. The zero-order valence-corrected chi connectivity index (χ0v) is 10.8. The second-order valence-corrected chi connectivity index (χ2v) is 4.98. The van der Waals surface area contributed by atoms with Crippen molar-refractivity contribution >= 4 is 17.4 Å². The number of carbonyl (C=O) groups is 2. The molecule has 1 aromatic carbocycles. The van der Waals surface area contributed by atoms with Gasteiger partial charge in [-0.25, -0.2) is 0 Å². The van der Waals surface area contributed by atoms with Gasteiger partial charge in [0.1, 0.15) is 5.75 Å². The molecule has 0 aromatic heterocycles. The summed E-state index contributed by atoms with van der Waals surface area (Å²) in [7, 11) is 1.70. The summed E-state index contributed by atoms with van der Waals surface area (Å²) in [5.41, 5.74) is 1.32. The number of ketones is 1. The van der Waals surface area contributed by atoms with Gasteiger partial charge in [0.05, 0.1) is 5.69 Å². The van der Waals surface area contributed by atoms with E-state index in [-0.39, 0.29) is 24.2 Å². The van der Waals surface area contributed by atoms with Crippen LogP contribution in [-0.2, 0) is 4.79 Å². The van der Waals surface area contributed by atoms with Crippen molar-refractivity contribution in [2.24, 2.45) is 5.92 Å². The first-order valence-electron chi connectivity index (χ1n) is 6.45. The van der Waals surface area contributed by atoms with Crippen molar-refractivity contribution in [2.75, 3.05) is 31.6 Å². The average molecular weight is 260 g/mol. The van der Waals surface area contributed by atoms with Crippen molar-refractivity contribution in [3.05, 3.63) is 23.8 Å². The Balaban J connectivity index is 1.92. The highest BCUT2D eigenvalue weighted by Crippen LogP contribution is 2.32. The van der Waals surface area contributed by atoms with Crippen molar-refractivity contribution in [2.45, 2.75) is 6.42 Å². The quantitative estimate of drug-likeness (QED) is 0.800. The molecule has 1 fully saturated rings. The summed E-state index contributed by atoms with van der Waals surface area (Å²) in [6.45, 7) is 1.69. The van der Waals surface area contributed by atoms with Gasteiger partial charge in [0.25, 0.3) is 5.91 Å². The molecular weight excluding hydrogens is 244 g/mol. The van der Waals surface area contributed by atoms with Crippen molar-refractivity contribution in [3.63, 3.8) is 0 Å². The molecule has 1 amide bonds. The Morgan fingerprint density at radius 2 is 2.32 bits per heavy atom. The van der Waals surface area contributed by atoms with Gasteiger partial charge >= 0.3 is 0 Å². The van der Waals surface area contributed by atoms with E-state index in [1.807, 2.05) is 0 Å². The molecule has 0 aliphatic carbocycles. The van der Waals surface area contributed by atoms with Crippen LogP contribution in [0.25, 0.3) is 0 Å².